The van der Waals surface area contributed by atoms with Crippen LogP contribution in [0.2, 0.25) is 0 Å². The Hall–Kier alpha value is -2.08. The number of piperidine rings is 1. The summed E-state index contributed by atoms with van der Waals surface area (Å²) in [6.45, 7) is 5.73. The van der Waals surface area contributed by atoms with Gasteiger partial charge in [-0.15, -0.1) is 0 Å². The van der Waals surface area contributed by atoms with Crippen molar-refractivity contribution in [2.24, 2.45) is 0 Å². The van der Waals surface area contributed by atoms with E-state index in [2.05, 4.69) is 37.8 Å². The largest absolute Gasteiger partial charge is 0.381 e. The molecule has 0 N–H and O–H groups in total. The molecule has 2 aliphatic rings. The molecule has 0 aromatic carbocycles. The predicted octanol–water partition coefficient (Wildman–Crippen LogP) is 2.46. The molecular weight excluding hydrogens is 302 g/mol. The molecule has 2 aliphatic heterocycles. The van der Waals surface area contributed by atoms with Crippen molar-refractivity contribution < 1.29 is 4.74 Å². The van der Waals surface area contributed by atoms with Crippen molar-refractivity contribution in [3.05, 3.63) is 41.9 Å². The number of nitrogens with zero attached hydrogens (tertiary/aromatic N) is 5. The molecule has 0 spiro atoms. The Morgan fingerprint density at radius 1 is 1.04 bits per heavy atom. The van der Waals surface area contributed by atoms with Gasteiger partial charge in [0.2, 0.25) is 0 Å². The van der Waals surface area contributed by atoms with Crippen LogP contribution in [0.15, 0.2) is 24.9 Å². The summed E-state index contributed by atoms with van der Waals surface area (Å²) < 4.78 is 5.49. The fourth-order valence-corrected chi connectivity index (χ4v) is 3.74. The molecule has 0 bridgehead atoms. The minimum absolute atomic E-state index is 0.424. The second-order valence-corrected chi connectivity index (χ2v) is 6.71. The fourth-order valence-electron chi connectivity index (χ4n) is 3.74. The molecule has 1 unspecified atom stereocenters. The molecule has 0 aliphatic carbocycles. The number of anilines is 1. The molecule has 0 radical (unpaired) electrons. The molecule has 6 nitrogen and oxygen atoms in total. The summed E-state index contributed by atoms with van der Waals surface area (Å²) in [6, 6.07) is 2.15. The zero-order valence-corrected chi connectivity index (χ0v) is 14.1. The first-order valence-corrected chi connectivity index (χ1v) is 8.72. The Morgan fingerprint density at radius 3 is 2.67 bits per heavy atom. The molecule has 4 rings (SSSR count). The number of aromatic nitrogens is 4. The SMILES string of the molecule is Cc1cncnc1C1CCN(c2cc(C3CCOC3)ncn2)CC1. The average molecular weight is 325 g/mol. The Morgan fingerprint density at radius 2 is 1.92 bits per heavy atom. The Bertz CT molecular complexity index is 693. The van der Waals surface area contributed by atoms with Gasteiger partial charge in [-0.2, -0.15) is 0 Å². The molecule has 24 heavy (non-hydrogen) atoms. The minimum Gasteiger partial charge on any atom is -0.381 e. The van der Waals surface area contributed by atoms with Crippen LogP contribution in [0.25, 0.3) is 0 Å². The summed E-state index contributed by atoms with van der Waals surface area (Å²) in [5.74, 6) is 1.99. The van der Waals surface area contributed by atoms with Crippen LogP contribution in [-0.4, -0.2) is 46.2 Å². The van der Waals surface area contributed by atoms with Gasteiger partial charge in [-0.25, -0.2) is 19.9 Å². The number of hydrogen-bond acceptors (Lipinski definition) is 6. The van der Waals surface area contributed by atoms with Crippen LogP contribution in [0.4, 0.5) is 5.82 Å². The van der Waals surface area contributed by atoms with Gasteiger partial charge in [0.25, 0.3) is 0 Å². The smallest absolute Gasteiger partial charge is 0.132 e. The van der Waals surface area contributed by atoms with Gasteiger partial charge >= 0.3 is 0 Å². The van der Waals surface area contributed by atoms with E-state index < -0.39 is 0 Å². The van der Waals surface area contributed by atoms with Gasteiger partial charge in [0.15, 0.2) is 0 Å². The van der Waals surface area contributed by atoms with Crippen LogP contribution < -0.4 is 4.90 Å². The average Bonchev–Trinajstić information content (AvgIpc) is 3.17. The van der Waals surface area contributed by atoms with Crippen LogP contribution in [-0.2, 0) is 4.74 Å². The third-order valence-corrected chi connectivity index (χ3v) is 5.16. The van der Waals surface area contributed by atoms with Crippen molar-refractivity contribution >= 4 is 5.82 Å². The van der Waals surface area contributed by atoms with Crippen molar-refractivity contribution in [2.45, 2.75) is 38.0 Å². The molecule has 2 aromatic heterocycles. The Kier molecular flexibility index (Phi) is 4.38. The van der Waals surface area contributed by atoms with Crippen molar-refractivity contribution in [3.63, 3.8) is 0 Å². The van der Waals surface area contributed by atoms with Gasteiger partial charge in [0, 0.05) is 49.5 Å². The third-order valence-electron chi connectivity index (χ3n) is 5.16. The highest BCUT2D eigenvalue weighted by molar-refractivity contribution is 5.41. The van der Waals surface area contributed by atoms with E-state index in [1.54, 1.807) is 12.7 Å². The van der Waals surface area contributed by atoms with E-state index in [-0.39, 0.29) is 0 Å². The Balaban J connectivity index is 1.44. The summed E-state index contributed by atoms with van der Waals surface area (Å²) in [5, 5.41) is 0. The maximum Gasteiger partial charge on any atom is 0.132 e. The second kappa shape index (κ2) is 6.81. The fraction of sp³-hybridized carbons (Fsp3) is 0.556. The molecule has 6 heteroatoms. The molecule has 4 heterocycles. The number of rotatable bonds is 3. The van der Waals surface area contributed by atoms with E-state index >= 15 is 0 Å². The second-order valence-electron chi connectivity index (χ2n) is 6.71. The topological polar surface area (TPSA) is 64.0 Å². The maximum atomic E-state index is 5.49. The monoisotopic (exact) mass is 325 g/mol. The maximum absolute atomic E-state index is 5.49. The van der Waals surface area contributed by atoms with Gasteiger partial charge in [-0.1, -0.05) is 0 Å². The lowest BCUT2D eigenvalue weighted by Gasteiger charge is -2.33. The minimum atomic E-state index is 0.424. The van der Waals surface area contributed by atoms with E-state index in [0.29, 0.717) is 11.8 Å². The standard InChI is InChI=1S/C18H23N5O/c1-13-9-19-11-22-18(13)14-2-5-23(6-3-14)17-8-16(20-12-21-17)15-4-7-24-10-15/h8-9,11-12,14-15H,2-7,10H2,1H3. The lowest BCUT2D eigenvalue weighted by molar-refractivity contribution is 0.193. The summed E-state index contributed by atoms with van der Waals surface area (Å²) in [6.07, 6.45) is 8.53. The summed E-state index contributed by atoms with van der Waals surface area (Å²) in [4.78, 5) is 19.9. The van der Waals surface area contributed by atoms with Crippen LogP contribution >= 0.6 is 0 Å². The molecule has 126 valence electrons. The predicted molar refractivity (Wildman–Crippen MR) is 91.2 cm³/mol. The molecular formula is C18H23N5O. The highest BCUT2D eigenvalue weighted by Gasteiger charge is 2.25. The zero-order valence-electron chi connectivity index (χ0n) is 14.1. The van der Waals surface area contributed by atoms with E-state index in [0.717, 1.165) is 57.1 Å². The zero-order chi connectivity index (χ0) is 16.4. The lowest BCUT2D eigenvalue weighted by atomic mass is 9.91. The summed E-state index contributed by atoms with van der Waals surface area (Å²) in [7, 11) is 0. The van der Waals surface area contributed by atoms with Gasteiger partial charge in [-0.3, -0.25) is 0 Å². The van der Waals surface area contributed by atoms with Crippen molar-refractivity contribution in [3.8, 4) is 0 Å². The van der Waals surface area contributed by atoms with Crippen molar-refractivity contribution in [2.75, 3.05) is 31.2 Å². The van der Waals surface area contributed by atoms with Gasteiger partial charge in [0.1, 0.15) is 18.5 Å². The van der Waals surface area contributed by atoms with Gasteiger partial charge in [-0.05, 0) is 31.7 Å². The first-order chi connectivity index (χ1) is 11.8. The van der Waals surface area contributed by atoms with Gasteiger partial charge < -0.3 is 9.64 Å². The quantitative estimate of drug-likeness (QED) is 0.864. The van der Waals surface area contributed by atoms with Crippen LogP contribution in [0.1, 0.15) is 48.0 Å². The summed E-state index contributed by atoms with van der Waals surface area (Å²) >= 11 is 0. The third kappa shape index (κ3) is 3.11. The first-order valence-electron chi connectivity index (χ1n) is 8.72. The van der Waals surface area contributed by atoms with Crippen LogP contribution in [0.5, 0.6) is 0 Å². The van der Waals surface area contributed by atoms with E-state index in [1.807, 2.05) is 6.20 Å². The van der Waals surface area contributed by atoms with E-state index in [1.165, 1.54) is 11.3 Å². The van der Waals surface area contributed by atoms with Crippen molar-refractivity contribution in [1.82, 2.24) is 19.9 Å². The van der Waals surface area contributed by atoms with Crippen molar-refractivity contribution in [1.29, 1.82) is 0 Å². The normalized spacial score (nSPS) is 22.0. The Labute approximate surface area is 142 Å². The van der Waals surface area contributed by atoms with E-state index in [9.17, 15) is 0 Å². The molecule has 2 fully saturated rings. The number of ether oxygens (including phenoxy) is 1. The summed E-state index contributed by atoms with van der Waals surface area (Å²) in [5.41, 5.74) is 3.52. The van der Waals surface area contributed by atoms with E-state index in [4.69, 9.17) is 4.74 Å². The molecule has 0 amide bonds. The molecule has 2 aromatic rings. The first kappa shape index (κ1) is 15.4. The molecule has 0 saturated carbocycles. The number of aryl methyl sites for hydroxylation is 1. The number of hydrogen-bond donors (Lipinski definition) is 0. The van der Waals surface area contributed by atoms with Crippen LogP contribution in [0.3, 0.4) is 0 Å². The highest BCUT2D eigenvalue weighted by Crippen LogP contribution is 2.31. The molecule has 2 saturated heterocycles. The van der Waals surface area contributed by atoms with Crippen LogP contribution in [0, 0.1) is 6.92 Å². The highest BCUT2D eigenvalue weighted by atomic mass is 16.5. The van der Waals surface area contributed by atoms with Gasteiger partial charge in [0.05, 0.1) is 12.3 Å². The lowest BCUT2D eigenvalue weighted by Crippen LogP contribution is -2.34. The molecule has 1 atom stereocenters.